The first-order valence-electron chi connectivity index (χ1n) is 38.9. The Morgan fingerprint density at radius 2 is 0.951 bits per heavy atom. The number of anilines is 6. The molecular formula is C90H110Br2F8N14O8S. The predicted molar refractivity (Wildman–Crippen MR) is 487 cm³/mol. The second kappa shape index (κ2) is 44.9. The van der Waals surface area contributed by atoms with Crippen molar-refractivity contribution in [2.75, 3.05) is 32.7 Å². The van der Waals surface area contributed by atoms with Gasteiger partial charge >= 0.3 is 5.97 Å². The number of carboxylic acid groups (broad SMARTS) is 1. The van der Waals surface area contributed by atoms with Crippen LogP contribution in [0.5, 0.6) is 0 Å². The summed E-state index contributed by atoms with van der Waals surface area (Å²) in [5.41, 5.74) is 31.2. The van der Waals surface area contributed by atoms with Crippen molar-refractivity contribution in [2.45, 2.75) is 218 Å². The first-order chi connectivity index (χ1) is 56.7. The molecular weight excluding hydrogens is 1750 g/mol. The van der Waals surface area contributed by atoms with Crippen LogP contribution in [-0.2, 0) is 77.7 Å². The molecule has 0 bridgehead atoms. The minimum atomic E-state index is -1.08. The molecule has 1 aromatic heterocycles. The number of carboxylic acids is 1. The van der Waals surface area contributed by atoms with Gasteiger partial charge in [-0.05, 0) is 300 Å². The standard InChI is InChI=1S/C15H20FN3O.C14H17FN4.C13H16FNO.C13H16FNS.C8H9BrFN.C8H6FNO2.C8H10FN.C6H3BrFNO2.C4H9NO2.CH4/c1-5-10-6-11(16)7-13-12(10)8-14(15(3,4)17-13)19-18-9(2)20;1-5-9-6-10(15)7-11-12(9)19-8(2)17-18-13(19)14(3,4)16-11;2*1-4-8-5-9(14)6-11-10(8)7-12(16)13(2,3)15-11;1-2-5-3-6(10)4-7(9)8(5)11;1-2-6-5-7(9)3-4-8(6)10(11)12;1-2-6-5-7(9)3-4-8(6)10;7-5-3-4(8)1-2-6(5)9(10)11;1-4(2,5)3(6)7;/h6-7,17H,5,8H2,1-4H3,(H,18,20);6-7,16H,5H2,1-4H3;2*5-6,15H,4,7H2,1-3H3;3-4H,2,11H2,1H3;2-5H,1H2;3-5H,2,10H2,1H3;1-3H;5H2,1-2H3,(H,6,7);1H4/b19-14+;;;;;;;;;. The van der Waals surface area contributed by atoms with Crippen molar-refractivity contribution in [3.05, 3.63) is 265 Å². The molecule has 664 valence electrons. The number of aliphatic carboxylic acids is 1. The monoisotopic (exact) mass is 1860 g/mol. The maximum absolute atomic E-state index is 13.7. The smallest absolute Gasteiger partial charge is 0.323 e. The van der Waals surface area contributed by atoms with Gasteiger partial charge in [0, 0.05) is 76.1 Å². The van der Waals surface area contributed by atoms with Crippen molar-refractivity contribution in [3.8, 4) is 5.69 Å². The molecule has 12 N–H and O–H groups in total. The summed E-state index contributed by atoms with van der Waals surface area (Å²) in [5.74, 6) is -1.67. The highest BCUT2D eigenvalue weighted by Gasteiger charge is 2.38. The van der Waals surface area contributed by atoms with Crippen LogP contribution in [0.15, 0.2) is 136 Å². The van der Waals surface area contributed by atoms with E-state index >= 15 is 0 Å². The molecule has 8 aromatic carbocycles. The molecule has 1 amide bonds. The van der Waals surface area contributed by atoms with Gasteiger partial charge in [0.15, 0.2) is 11.6 Å². The van der Waals surface area contributed by atoms with E-state index in [2.05, 4.69) is 80.4 Å². The van der Waals surface area contributed by atoms with Crippen LogP contribution in [0.25, 0.3) is 11.8 Å². The molecule has 0 radical (unpaired) electrons. The number of nitrogen functional groups attached to an aromatic ring is 2. The summed E-state index contributed by atoms with van der Waals surface area (Å²) in [6.07, 6.45) is 7.67. The maximum atomic E-state index is 13.7. The van der Waals surface area contributed by atoms with Crippen molar-refractivity contribution in [1.82, 2.24) is 20.2 Å². The van der Waals surface area contributed by atoms with Gasteiger partial charge in [0.2, 0.25) is 5.91 Å². The highest BCUT2D eigenvalue weighted by atomic mass is 79.9. The molecule has 123 heavy (non-hydrogen) atoms. The molecule has 5 heterocycles. The molecule has 0 aliphatic carbocycles. The lowest BCUT2D eigenvalue weighted by Gasteiger charge is -2.36. The second-order valence-electron chi connectivity index (χ2n) is 31.2. The van der Waals surface area contributed by atoms with E-state index in [9.17, 15) is 69.7 Å². The Bertz CT molecular complexity index is 5300. The number of nitro benzene ring substituents is 2. The highest BCUT2D eigenvalue weighted by molar-refractivity contribution is 9.11. The Balaban J connectivity index is 0.000000294. The number of nitrogens with two attached hydrogens (primary N) is 3. The van der Waals surface area contributed by atoms with Gasteiger partial charge in [0.1, 0.15) is 57.9 Å². The molecule has 4 aliphatic heterocycles. The fraction of sp³-hybridized carbons (Fsp3) is 0.367. The number of carbonyl (C=O) groups excluding carboxylic acids is 2. The van der Waals surface area contributed by atoms with Crippen LogP contribution in [0.4, 0.5) is 80.6 Å². The number of benzene rings is 8. The summed E-state index contributed by atoms with van der Waals surface area (Å²) >= 11 is 11.4. The van der Waals surface area contributed by atoms with Gasteiger partial charge in [-0.1, -0.05) is 73.8 Å². The molecule has 0 fully saturated rings. The van der Waals surface area contributed by atoms with Crippen molar-refractivity contribution >= 4 is 124 Å². The molecule has 9 aromatic rings. The summed E-state index contributed by atoms with van der Waals surface area (Å²) in [7, 11) is 0. The van der Waals surface area contributed by atoms with E-state index in [4.69, 9.17) is 34.5 Å². The molecule has 4 aliphatic rings. The average Bonchev–Trinajstić information content (AvgIpc) is 1.63. The number of Topliss-reactive ketones (excluding diaryl/α,β-unsaturated/α-hetero) is 1. The lowest BCUT2D eigenvalue weighted by molar-refractivity contribution is -0.385. The van der Waals surface area contributed by atoms with Crippen molar-refractivity contribution < 1.29 is 64.5 Å². The minimum absolute atomic E-state index is 0. The molecule has 0 spiro atoms. The molecule has 0 saturated heterocycles. The van der Waals surface area contributed by atoms with E-state index < -0.39 is 44.1 Å². The lowest BCUT2D eigenvalue weighted by atomic mass is 9.84. The van der Waals surface area contributed by atoms with Crippen LogP contribution in [0, 0.1) is 73.7 Å². The first kappa shape index (κ1) is 104. The number of hydrogen-bond donors (Lipinski definition) is 9. The van der Waals surface area contributed by atoms with Gasteiger partial charge in [-0.3, -0.25) is 39.2 Å². The average molecular weight is 1860 g/mol. The van der Waals surface area contributed by atoms with Crippen LogP contribution in [0.3, 0.4) is 0 Å². The molecule has 0 saturated carbocycles. The summed E-state index contributed by atoms with van der Waals surface area (Å²) in [6.45, 7) is 37.2. The number of hydrazone groups is 1. The van der Waals surface area contributed by atoms with E-state index in [0.29, 0.717) is 28.7 Å². The molecule has 0 atom stereocenters. The van der Waals surface area contributed by atoms with Crippen molar-refractivity contribution in [3.63, 3.8) is 0 Å². The number of carbonyl (C=O) groups is 3. The number of rotatable bonds is 11. The van der Waals surface area contributed by atoms with Gasteiger partial charge in [0.25, 0.3) is 11.4 Å². The first-order valence-corrected chi connectivity index (χ1v) is 40.9. The zero-order chi connectivity index (χ0) is 92.2. The maximum Gasteiger partial charge on any atom is 0.323 e. The number of nitro groups is 2. The van der Waals surface area contributed by atoms with Crippen LogP contribution in [-0.4, -0.2) is 80.1 Å². The summed E-state index contributed by atoms with van der Waals surface area (Å²) in [5, 5.41) is 54.4. The normalized spacial score (nSPS) is 14.2. The second-order valence-corrected chi connectivity index (χ2v) is 33.4. The van der Waals surface area contributed by atoms with Gasteiger partial charge < -0.3 is 43.6 Å². The van der Waals surface area contributed by atoms with Gasteiger partial charge in [-0.25, -0.2) is 40.5 Å². The largest absolute Gasteiger partial charge is 0.480 e. The number of thiocarbonyl (C=S) groups is 1. The third-order valence-electron chi connectivity index (χ3n) is 19.6. The van der Waals surface area contributed by atoms with E-state index in [-0.39, 0.29) is 86.5 Å². The summed E-state index contributed by atoms with van der Waals surface area (Å²) in [6, 6.07) is 26.1. The van der Waals surface area contributed by atoms with E-state index in [1.165, 1.54) is 69.3 Å². The predicted octanol–water partition coefficient (Wildman–Crippen LogP) is 21.8. The number of amides is 1. The van der Waals surface area contributed by atoms with E-state index in [0.717, 1.165) is 182 Å². The van der Waals surface area contributed by atoms with Crippen LogP contribution in [0.2, 0.25) is 0 Å². The topological polar surface area (TPSA) is 339 Å². The third kappa shape index (κ3) is 28.8. The van der Waals surface area contributed by atoms with E-state index in [1.54, 1.807) is 36.4 Å². The zero-order valence-electron chi connectivity index (χ0n) is 71.5. The minimum Gasteiger partial charge on any atom is -0.480 e. The quantitative estimate of drug-likeness (QED) is 0.0191. The zero-order valence-corrected chi connectivity index (χ0v) is 75.5. The Hall–Kier alpha value is -11.0. The van der Waals surface area contributed by atoms with Crippen LogP contribution in [0.1, 0.15) is 192 Å². The molecule has 13 rings (SSSR count). The number of nitrogens with one attached hydrogen (secondary N) is 5. The number of aryl methyl sites for hydroxylation is 7. The van der Waals surface area contributed by atoms with Gasteiger partial charge in [-0.15, -0.1) is 10.2 Å². The molecule has 0 unspecified atom stereocenters. The Kier molecular flexibility index (Phi) is 38.0. The Labute approximate surface area is 735 Å². The fourth-order valence-electron chi connectivity index (χ4n) is 12.7. The lowest BCUT2D eigenvalue weighted by Crippen LogP contribution is -2.46. The molecule has 33 heteroatoms. The third-order valence-corrected chi connectivity index (χ3v) is 21.5. The summed E-state index contributed by atoms with van der Waals surface area (Å²) < 4.78 is 107. The van der Waals surface area contributed by atoms with Gasteiger partial charge in [0.05, 0.1) is 59.1 Å². The SMILES string of the molecule is C.C=Cc1cc(F)ccc1[N+](=O)[O-].CC(C)(N)C(=O)O.CCc1cc(F)cc(Br)c1N.CCc1cc(F)cc2c1-n1c(C)nnc1C(C)(C)N2.CCc1cc(F)cc2c1C/C(=N\NC(C)=O)C(C)(C)N2.CCc1cc(F)cc2c1CC(=O)C(C)(C)N2.CCc1cc(F)cc2c1CC(=S)C(C)(C)N2.CCc1cc(F)ccc1N.O=[N+]([O-])c1ccc(F)cc1Br. The van der Waals surface area contributed by atoms with Gasteiger partial charge in [-0.2, -0.15) is 5.10 Å². The molecule has 22 nitrogen and oxygen atoms in total. The summed E-state index contributed by atoms with van der Waals surface area (Å²) in [4.78, 5) is 53.1. The van der Waals surface area contributed by atoms with Crippen LogP contribution >= 0.6 is 44.1 Å². The number of halogens is 10. The van der Waals surface area contributed by atoms with Crippen molar-refractivity contribution in [2.24, 2.45) is 10.8 Å². The van der Waals surface area contributed by atoms with Crippen LogP contribution < -0.4 is 43.9 Å². The number of hydrogen-bond acceptors (Lipinski definition) is 18. The number of ketones is 1. The fourth-order valence-corrected chi connectivity index (χ4v) is 13.9. The number of fused-ring (bicyclic) bond motifs is 6. The number of aromatic nitrogens is 3. The number of nitrogens with zero attached hydrogens (tertiary/aromatic N) is 6. The van der Waals surface area contributed by atoms with Crippen molar-refractivity contribution in [1.29, 1.82) is 0 Å². The highest BCUT2D eigenvalue weighted by Crippen LogP contribution is 2.41. The Morgan fingerprint density at radius 3 is 1.40 bits per heavy atom. The van der Waals surface area contributed by atoms with E-state index in [1.807, 2.05) is 108 Å². The Morgan fingerprint density at radius 1 is 0.569 bits per heavy atom.